The summed E-state index contributed by atoms with van der Waals surface area (Å²) in [5, 5.41) is 16.0. The Hall–Kier alpha value is -0.450. The number of nitrogens with zero attached hydrogens (tertiary/aromatic N) is 1. The monoisotopic (exact) mass is 226 g/mol. The molecule has 2 rings (SSSR count). The molecular weight excluding hydrogens is 208 g/mol. The first-order chi connectivity index (χ1) is 7.24. The molecule has 84 valence electrons. The number of hydrogen-bond acceptors (Lipinski definition) is 4. The molecule has 0 radical (unpaired) electrons. The van der Waals surface area contributed by atoms with Gasteiger partial charge in [-0.25, -0.2) is 4.98 Å². The molecule has 0 amide bonds. The van der Waals surface area contributed by atoms with Crippen LogP contribution in [0, 0.1) is 12.8 Å². The molecule has 1 fully saturated rings. The first-order valence-electron chi connectivity index (χ1n) is 5.54. The van der Waals surface area contributed by atoms with E-state index in [1.54, 1.807) is 11.3 Å². The van der Waals surface area contributed by atoms with Crippen LogP contribution < -0.4 is 5.32 Å². The Kier molecular flexibility index (Phi) is 3.72. The van der Waals surface area contributed by atoms with Crippen molar-refractivity contribution in [1.29, 1.82) is 0 Å². The van der Waals surface area contributed by atoms with Crippen LogP contribution in [0.5, 0.6) is 0 Å². The topological polar surface area (TPSA) is 45.1 Å². The molecule has 0 spiro atoms. The highest BCUT2D eigenvalue weighted by Gasteiger charge is 2.21. The maximum Gasteiger partial charge on any atom is 0.107 e. The molecule has 1 aromatic heterocycles. The lowest BCUT2D eigenvalue weighted by atomic mass is 10.1. The van der Waals surface area contributed by atoms with E-state index in [0.29, 0.717) is 5.92 Å². The minimum atomic E-state index is -0.0566. The van der Waals surface area contributed by atoms with E-state index in [1.165, 1.54) is 0 Å². The predicted octanol–water partition coefficient (Wildman–Crippen LogP) is 1.70. The van der Waals surface area contributed by atoms with Crippen molar-refractivity contribution >= 4 is 11.3 Å². The Bertz CT molecular complexity index is 313. The lowest BCUT2D eigenvalue weighted by molar-refractivity contribution is 0.177. The highest BCUT2D eigenvalue weighted by atomic mass is 32.1. The van der Waals surface area contributed by atoms with Gasteiger partial charge in [0.2, 0.25) is 0 Å². The average Bonchev–Trinajstić information content (AvgIpc) is 2.76. The lowest BCUT2D eigenvalue weighted by Crippen LogP contribution is -2.21. The molecule has 0 bridgehead atoms. The average molecular weight is 226 g/mol. The predicted molar refractivity (Wildman–Crippen MR) is 61.9 cm³/mol. The van der Waals surface area contributed by atoms with Gasteiger partial charge in [-0.05, 0) is 38.6 Å². The van der Waals surface area contributed by atoms with E-state index in [9.17, 15) is 5.11 Å². The normalized spacial score (nSPS) is 26.0. The van der Waals surface area contributed by atoms with E-state index in [0.717, 1.165) is 43.1 Å². The number of thiazole rings is 1. The van der Waals surface area contributed by atoms with Crippen molar-refractivity contribution in [3.8, 4) is 0 Å². The molecule has 1 aromatic rings. The summed E-state index contributed by atoms with van der Waals surface area (Å²) in [4.78, 5) is 4.40. The van der Waals surface area contributed by atoms with Crippen LogP contribution in [0.4, 0.5) is 0 Å². The zero-order valence-electron chi connectivity index (χ0n) is 9.07. The van der Waals surface area contributed by atoms with E-state index in [4.69, 9.17) is 0 Å². The molecule has 0 aromatic carbocycles. The largest absolute Gasteiger partial charge is 0.393 e. The number of aryl methyl sites for hydroxylation is 1. The van der Waals surface area contributed by atoms with Crippen molar-refractivity contribution in [2.24, 2.45) is 5.92 Å². The van der Waals surface area contributed by atoms with Gasteiger partial charge >= 0.3 is 0 Å². The molecule has 2 unspecified atom stereocenters. The Balaban J connectivity index is 1.67. The number of aliphatic hydroxyl groups excluding tert-OH is 1. The maximum absolute atomic E-state index is 9.38. The second kappa shape index (κ2) is 5.05. The number of nitrogens with one attached hydrogen (secondary N) is 1. The lowest BCUT2D eigenvalue weighted by Gasteiger charge is -2.09. The molecule has 1 aliphatic rings. The summed E-state index contributed by atoms with van der Waals surface area (Å²) < 4.78 is 0. The van der Waals surface area contributed by atoms with E-state index < -0.39 is 0 Å². The third-order valence-electron chi connectivity index (χ3n) is 2.89. The molecule has 1 saturated carbocycles. The van der Waals surface area contributed by atoms with Crippen LogP contribution in [-0.4, -0.2) is 22.7 Å². The summed E-state index contributed by atoms with van der Waals surface area (Å²) in [6.07, 6.45) is 3.04. The van der Waals surface area contributed by atoms with Crippen molar-refractivity contribution < 1.29 is 5.11 Å². The second-order valence-electron chi connectivity index (χ2n) is 4.35. The van der Waals surface area contributed by atoms with Crippen LogP contribution in [0.2, 0.25) is 0 Å². The first-order valence-corrected chi connectivity index (χ1v) is 6.42. The minimum absolute atomic E-state index is 0.0566. The van der Waals surface area contributed by atoms with Gasteiger partial charge in [0.25, 0.3) is 0 Å². The molecule has 4 heteroatoms. The summed E-state index contributed by atoms with van der Waals surface area (Å²) in [5.41, 5.74) is 1.10. The fourth-order valence-electron chi connectivity index (χ4n) is 2.10. The Morgan fingerprint density at radius 1 is 1.60 bits per heavy atom. The van der Waals surface area contributed by atoms with E-state index in [1.807, 2.05) is 6.92 Å². The van der Waals surface area contributed by atoms with Crippen molar-refractivity contribution in [3.05, 3.63) is 16.1 Å². The van der Waals surface area contributed by atoms with Crippen molar-refractivity contribution in [2.75, 3.05) is 6.54 Å². The fraction of sp³-hybridized carbons (Fsp3) is 0.727. The van der Waals surface area contributed by atoms with Gasteiger partial charge in [0.1, 0.15) is 5.01 Å². The third-order valence-corrected chi connectivity index (χ3v) is 3.86. The van der Waals surface area contributed by atoms with Crippen LogP contribution in [0.3, 0.4) is 0 Å². The van der Waals surface area contributed by atoms with E-state index >= 15 is 0 Å². The van der Waals surface area contributed by atoms with Crippen molar-refractivity contribution in [3.63, 3.8) is 0 Å². The van der Waals surface area contributed by atoms with Crippen molar-refractivity contribution in [2.45, 2.75) is 38.8 Å². The Morgan fingerprint density at radius 2 is 2.47 bits per heavy atom. The zero-order chi connectivity index (χ0) is 10.7. The molecule has 2 N–H and O–H groups in total. The molecule has 1 heterocycles. The summed E-state index contributed by atoms with van der Waals surface area (Å²) in [6.45, 7) is 3.90. The van der Waals surface area contributed by atoms with Gasteiger partial charge in [0.05, 0.1) is 6.10 Å². The van der Waals surface area contributed by atoms with Gasteiger partial charge in [-0.3, -0.25) is 0 Å². The van der Waals surface area contributed by atoms with Gasteiger partial charge in [-0.15, -0.1) is 11.3 Å². The number of hydrogen-bond donors (Lipinski definition) is 2. The van der Waals surface area contributed by atoms with Crippen LogP contribution in [0.25, 0.3) is 0 Å². The smallest absolute Gasteiger partial charge is 0.107 e. The van der Waals surface area contributed by atoms with Crippen LogP contribution >= 0.6 is 11.3 Å². The zero-order valence-corrected chi connectivity index (χ0v) is 9.89. The fourth-order valence-corrected chi connectivity index (χ4v) is 2.84. The maximum atomic E-state index is 9.38. The van der Waals surface area contributed by atoms with Gasteiger partial charge in [0, 0.05) is 17.6 Å². The number of aromatic nitrogens is 1. The van der Waals surface area contributed by atoms with E-state index in [2.05, 4.69) is 15.7 Å². The number of rotatable bonds is 4. The summed E-state index contributed by atoms with van der Waals surface area (Å²) in [6, 6.07) is 0. The first kappa shape index (κ1) is 11.0. The highest BCUT2D eigenvalue weighted by molar-refractivity contribution is 7.09. The van der Waals surface area contributed by atoms with Gasteiger partial charge in [0.15, 0.2) is 0 Å². The third kappa shape index (κ3) is 3.26. The molecule has 2 atom stereocenters. The van der Waals surface area contributed by atoms with Crippen LogP contribution in [-0.2, 0) is 6.54 Å². The van der Waals surface area contributed by atoms with Crippen LogP contribution in [0.15, 0.2) is 5.38 Å². The van der Waals surface area contributed by atoms with Gasteiger partial charge in [-0.1, -0.05) is 0 Å². The van der Waals surface area contributed by atoms with Gasteiger partial charge in [-0.2, -0.15) is 0 Å². The standard InChI is InChI=1S/C11H18N2OS/c1-8-7-15-11(13-8)6-12-5-9-2-3-10(14)4-9/h7,9-10,12,14H,2-6H2,1H3. The summed E-state index contributed by atoms with van der Waals surface area (Å²) in [7, 11) is 0. The Morgan fingerprint density at radius 3 is 3.07 bits per heavy atom. The summed E-state index contributed by atoms with van der Waals surface area (Å²) >= 11 is 1.71. The molecule has 1 aliphatic carbocycles. The molecule has 0 aliphatic heterocycles. The van der Waals surface area contributed by atoms with Crippen LogP contribution in [0.1, 0.15) is 30.0 Å². The quantitative estimate of drug-likeness (QED) is 0.821. The second-order valence-corrected chi connectivity index (χ2v) is 5.29. The molecule has 15 heavy (non-hydrogen) atoms. The molecule has 0 saturated heterocycles. The Labute approximate surface area is 94.5 Å². The highest BCUT2D eigenvalue weighted by Crippen LogP contribution is 2.24. The minimum Gasteiger partial charge on any atom is -0.393 e. The molecule has 3 nitrogen and oxygen atoms in total. The molecular formula is C11H18N2OS. The van der Waals surface area contributed by atoms with Gasteiger partial charge < -0.3 is 10.4 Å². The summed E-state index contributed by atoms with van der Waals surface area (Å²) in [5.74, 6) is 0.654. The van der Waals surface area contributed by atoms with E-state index in [-0.39, 0.29) is 6.10 Å². The van der Waals surface area contributed by atoms with Crippen molar-refractivity contribution in [1.82, 2.24) is 10.3 Å². The SMILES string of the molecule is Cc1csc(CNCC2CCC(O)C2)n1. The number of aliphatic hydroxyl groups is 1.